The van der Waals surface area contributed by atoms with Crippen LogP contribution in [0.4, 0.5) is 45.5 Å². The Hall–Kier alpha value is -9.44. The average Bonchev–Trinajstić information content (AvgIpc) is 3.65. The summed E-state index contributed by atoms with van der Waals surface area (Å²) in [5.74, 6) is 0. The number of allylic oxidation sites excluding steroid dienone is 4. The van der Waals surface area contributed by atoms with Crippen LogP contribution < -0.4 is 14.7 Å². The number of anilines is 8. The van der Waals surface area contributed by atoms with E-state index in [-0.39, 0.29) is 6.04 Å². The molecule has 3 nitrogen and oxygen atoms in total. The van der Waals surface area contributed by atoms with Gasteiger partial charge in [0.25, 0.3) is 0 Å². The number of benzene rings is 11. The van der Waals surface area contributed by atoms with Crippen LogP contribution in [0.25, 0.3) is 55.4 Å². The van der Waals surface area contributed by atoms with Crippen molar-refractivity contribution < 1.29 is 0 Å². The van der Waals surface area contributed by atoms with Crippen molar-refractivity contribution in [2.75, 3.05) is 14.7 Å². The van der Waals surface area contributed by atoms with E-state index in [9.17, 15) is 0 Å². The highest BCUT2D eigenvalue weighted by atomic mass is 15.2. The molecule has 2 aliphatic rings. The smallest absolute Gasteiger partial charge is 0.0566 e. The minimum absolute atomic E-state index is 0.0191. The first kappa shape index (κ1) is 48.2. The number of nitrogens with zero attached hydrogens (tertiary/aromatic N) is 3. The molecular weight excluding hydrogens is 943 g/mol. The van der Waals surface area contributed by atoms with Gasteiger partial charge in [-0.1, -0.05) is 187 Å². The maximum atomic E-state index is 2.54. The lowest BCUT2D eigenvalue weighted by molar-refractivity contribution is 0.771. The van der Waals surface area contributed by atoms with Gasteiger partial charge in [-0.25, -0.2) is 0 Å². The molecule has 0 fully saturated rings. The summed E-state index contributed by atoms with van der Waals surface area (Å²) in [7, 11) is 0. The lowest BCUT2D eigenvalue weighted by Crippen LogP contribution is -2.33. The molecule has 2 aliphatic carbocycles. The van der Waals surface area contributed by atoms with Crippen LogP contribution in [0, 0.1) is 20.8 Å². The van der Waals surface area contributed by atoms with Gasteiger partial charge >= 0.3 is 0 Å². The summed E-state index contributed by atoms with van der Waals surface area (Å²) in [6.45, 7) is 6.48. The van der Waals surface area contributed by atoms with Crippen LogP contribution in [0.1, 0.15) is 46.2 Å². The first-order chi connectivity index (χ1) is 38.4. The van der Waals surface area contributed by atoms with Gasteiger partial charge in [0.05, 0.1) is 6.04 Å². The summed E-state index contributed by atoms with van der Waals surface area (Å²) < 4.78 is 0. The monoisotopic (exact) mass is 1000 g/mol. The third kappa shape index (κ3) is 9.18. The predicted octanol–water partition coefficient (Wildman–Crippen LogP) is 20.7. The van der Waals surface area contributed by atoms with Crippen molar-refractivity contribution in [3.63, 3.8) is 0 Å². The van der Waals surface area contributed by atoms with E-state index < -0.39 is 0 Å². The van der Waals surface area contributed by atoms with Crippen molar-refractivity contribution in [3.8, 4) is 22.3 Å². The van der Waals surface area contributed by atoms with E-state index in [1.807, 2.05) is 0 Å². The van der Waals surface area contributed by atoms with Crippen molar-refractivity contribution in [2.24, 2.45) is 0 Å². The summed E-state index contributed by atoms with van der Waals surface area (Å²) in [5, 5.41) is 5.12. The molecule has 0 saturated heterocycles. The fourth-order valence-electron chi connectivity index (χ4n) is 12.0. The largest absolute Gasteiger partial charge is 0.334 e. The van der Waals surface area contributed by atoms with E-state index in [4.69, 9.17) is 0 Å². The first-order valence-corrected chi connectivity index (χ1v) is 27.5. The fourth-order valence-corrected chi connectivity index (χ4v) is 12.0. The van der Waals surface area contributed by atoms with Crippen molar-refractivity contribution >= 4 is 78.7 Å². The van der Waals surface area contributed by atoms with Crippen LogP contribution in [0.5, 0.6) is 0 Å². The number of aryl methyl sites for hydroxylation is 3. The molecular formula is C75H61N3. The summed E-state index contributed by atoms with van der Waals surface area (Å²) in [4.78, 5) is 7.33. The van der Waals surface area contributed by atoms with Gasteiger partial charge in [0.15, 0.2) is 0 Å². The summed E-state index contributed by atoms with van der Waals surface area (Å²) in [5.41, 5.74) is 22.9. The van der Waals surface area contributed by atoms with E-state index in [0.29, 0.717) is 0 Å². The first-order valence-electron chi connectivity index (χ1n) is 27.5. The molecule has 11 aromatic carbocycles. The fraction of sp³-hybridized carbons (Fsp3) is 0.0933. The molecule has 3 heteroatoms. The van der Waals surface area contributed by atoms with Crippen LogP contribution >= 0.6 is 0 Å². The van der Waals surface area contributed by atoms with E-state index in [2.05, 4.69) is 309 Å². The molecule has 0 heterocycles. The zero-order valence-corrected chi connectivity index (χ0v) is 44.5. The highest BCUT2D eigenvalue weighted by Gasteiger charge is 2.30. The van der Waals surface area contributed by atoms with Crippen LogP contribution in [0.3, 0.4) is 0 Å². The molecule has 376 valence electrons. The second-order valence-electron chi connectivity index (χ2n) is 21.0. The van der Waals surface area contributed by atoms with Crippen LogP contribution in [-0.4, -0.2) is 6.04 Å². The highest BCUT2D eigenvalue weighted by Crippen LogP contribution is 2.51. The SMILES string of the molecule is Cc1ccc(N(c2ccccc2)c2ccc(-c3c(-c4ccccc4)cc(C4=CC=CCC4)c4c3c3c(c5cc(N(c6ccccc6)c6ccc(C)cc6)ccc54)CC(N(c4ccccc4)c4ccc(C)cc4)C=C3)cc2)cc1. The number of para-hydroxylation sites is 3. The Balaban J connectivity index is 1.12. The number of hydrogen-bond acceptors (Lipinski definition) is 3. The minimum Gasteiger partial charge on any atom is -0.334 e. The second kappa shape index (κ2) is 20.9. The highest BCUT2D eigenvalue weighted by molar-refractivity contribution is 6.23. The van der Waals surface area contributed by atoms with Crippen molar-refractivity contribution in [1.29, 1.82) is 0 Å². The molecule has 0 aliphatic heterocycles. The number of fused-ring (bicyclic) bond motifs is 6. The summed E-state index contributed by atoms with van der Waals surface area (Å²) >= 11 is 0. The normalized spacial score (nSPS) is 13.8. The quantitative estimate of drug-likeness (QED) is 0.113. The average molecular weight is 1000 g/mol. The molecule has 0 radical (unpaired) electrons. The van der Waals surface area contributed by atoms with Gasteiger partial charge in [0.2, 0.25) is 0 Å². The Bertz CT molecular complexity index is 4030. The zero-order valence-electron chi connectivity index (χ0n) is 44.5. The summed E-state index contributed by atoms with van der Waals surface area (Å²) in [6, 6.07) is 89.7. The van der Waals surface area contributed by atoms with Gasteiger partial charge in [-0.05, 0) is 209 Å². The van der Waals surface area contributed by atoms with Crippen LogP contribution in [0.2, 0.25) is 0 Å². The Kier molecular flexibility index (Phi) is 12.9. The third-order valence-electron chi connectivity index (χ3n) is 15.8. The van der Waals surface area contributed by atoms with Gasteiger partial charge < -0.3 is 14.7 Å². The predicted molar refractivity (Wildman–Crippen MR) is 334 cm³/mol. The molecule has 0 saturated carbocycles. The Labute approximate surface area is 459 Å². The maximum Gasteiger partial charge on any atom is 0.0566 e. The van der Waals surface area contributed by atoms with Crippen molar-refractivity contribution in [1.82, 2.24) is 0 Å². The Morgan fingerprint density at radius 3 is 1.42 bits per heavy atom. The summed E-state index contributed by atoms with van der Waals surface area (Å²) in [6.07, 6.45) is 14.7. The topological polar surface area (TPSA) is 9.72 Å². The second-order valence-corrected chi connectivity index (χ2v) is 21.0. The number of hydrogen-bond donors (Lipinski definition) is 0. The van der Waals surface area contributed by atoms with Crippen LogP contribution in [0.15, 0.2) is 267 Å². The molecule has 13 rings (SSSR count). The Morgan fingerprint density at radius 2 is 0.872 bits per heavy atom. The molecule has 0 N–H and O–H groups in total. The molecule has 11 aromatic rings. The molecule has 0 bridgehead atoms. The maximum absolute atomic E-state index is 2.54. The Morgan fingerprint density at radius 1 is 0.397 bits per heavy atom. The molecule has 1 atom stereocenters. The standard InChI is InChI=1S/C75H61N3/c1-52-29-37-61(38-30-52)76(58-23-13-6-14-24-58)64-43-35-57(36-44-64)73-69(55-19-9-4-10-20-55)51-70(56-21-11-5-12-22-56)74-67-47-45-65(77(59-25-15-7-16-26-59)62-39-31-53(2)32-40-62)49-71(67)72-50-66(46-48-68(72)75(73)74)78(60-27-17-8-18-28-60)63-41-33-54(3)34-42-63/h4-11,13-21,23-49,51,66H,12,22,50H2,1-3H3. The van der Waals surface area contributed by atoms with E-state index in [0.717, 1.165) is 53.4 Å². The molecule has 1 unspecified atom stereocenters. The molecule has 0 amide bonds. The lowest BCUT2D eigenvalue weighted by atomic mass is 9.77. The van der Waals surface area contributed by atoms with Gasteiger partial charge in [-0.3, -0.25) is 0 Å². The minimum atomic E-state index is 0.0191. The van der Waals surface area contributed by atoms with Crippen molar-refractivity contribution in [2.45, 2.75) is 46.1 Å². The van der Waals surface area contributed by atoms with Crippen LogP contribution in [-0.2, 0) is 6.42 Å². The van der Waals surface area contributed by atoms with Gasteiger partial charge in [-0.2, -0.15) is 0 Å². The van der Waals surface area contributed by atoms with Crippen molar-refractivity contribution in [3.05, 3.63) is 300 Å². The van der Waals surface area contributed by atoms with Gasteiger partial charge in [-0.15, -0.1) is 0 Å². The number of rotatable bonds is 12. The van der Waals surface area contributed by atoms with Gasteiger partial charge in [0, 0.05) is 45.5 Å². The molecule has 0 aromatic heterocycles. The molecule has 0 spiro atoms. The van der Waals surface area contributed by atoms with E-state index >= 15 is 0 Å². The van der Waals surface area contributed by atoms with E-state index in [1.54, 1.807) is 0 Å². The lowest BCUT2D eigenvalue weighted by Gasteiger charge is -2.36. The van der Waals surface area contributed by atoms with E-state index in [1.165, 1.54) is 94.1 Å². The third-order valence-corrected chi connectivity index (χ3v) is 15.8. The zero-order chi connectivity index (χ0) is 52.5. The van der Waals surface area contributed by atoms with Gasteiger partial charge in [0.1, 0.15) is 0 Å². The molecule has 78 heavy (non-hydrogen) atoms.